The summed E-state index contributed by atoms with van der Waals surface area (Å²) in [5, 5.41) is 9.94. The number of nitrogens with one attached hydrogen (secondary N) is 1. The number of benzene rings is 1. The van der Waals surface area contributed by atoms with Crippen molar-refractivity contribution in [3.63, 3.8) is 0 Å². The molecule has 0 saturated heterocycles. The third-order valence-electron chi connectivity index (χ3n) is 2.56. The Morgan fingerprint density at radius 1 is 1.37 bits per heavy atom. The third kappa shape index (κ3) is 2.13. The summed E-state index contributed by atoms with van der Waals surface area (Å²) < 4.78 is 14.4. The number of hydrogen-bond acceptors (Lipinski definition) is 3. The molecule has 6 heteroatoms. The lowest BCUT2D eigenvalue weighted by Gasteiger charge is -2.09. The van der Waals surface area contributed by atoms with E-state index in [1.54, 1.807) is 0 Å². The fraction of sp³-hybridized carbons (Fsp3) is 0.0769. The molecule has 0 aliphatic rings. The molecule has 1 heterocycles. The number of H-pyrrole nitrogens is 1. The highest BCUT2D eigenvalue weighted by atomic mass is 19.1. The van der Waals surface area contributed by atoms with Crippen molar-refractivity contribution in [1.82, 2.24) is 9.55 Å². The van der Waals surface area contributed by atoms with Crippen LogP contribution < -0.4 is 11.2 Å². The van der Waals surface area contributed by atoms with Crippen molar-refractivity contribution in [3.05, 3.63) is 50.9 Å². The van der Waals surface area contributed by atoms with Crippen LogP contribution in [0.2, 0.25) is 0 Å². The minimum Gasteiger partial charge on any atom is -0.494 e. The molecule has 0 bridgehead atoms. The maximum atomic E-state index is 13.7. The van der Waals surface area contributed by atoms with Crippen LogP contribution in [0, 0.1) is 18.2 Å². The molecule has 0 aliphatic carbocycles. The highest BCUT2D eigenvalue weighted by molar-refractivity contribution is 5.67. The molecule has 0 amide bonds. The molecular weight excluding hydrogens is 251 g/mol. The monoisotopic (exact) mass is 260 g/mol. The minimum atomic E-state index is -0.874. The van der Waals surface area contributed by atoms with Crippen LogP contribution in [0.15, 0.2) is 33.9 Å². The zero-order valence-electron chi connectivity index (χ0n) is 9.68. The zero-order chi connectivity index (χ0) is 14.0. The van der Waals surface area contributed by atoms with E-state index in [1.165, 1.54) is 18.2 Å². The van der Waals surface area contributed by atoms with Gasteiger partial charge in [0.25, 0.3) is 5.56 Å². The van der Waals surface area contributed by atoms with Crippen molar-refractivity contribution >= 4 is 0 Å². The van der Waals surface area contributed by atoms with Gasteiger partial charge in [-0.2, -0.15) is 0 Å². The average Bonchev–Trinajstić information content (AvgIpc) is 2.36. The predicted molar refractivity (Wildman–Crippen MR) is 67.2 cm³/mol. The van der Waals surface area contributed by atoms with Gasteiger partial charge in [-0.15, -0.1) is 6.42 Å². The molecule has 0 saturated carbocycles. The van der Waals surface area contributed by atoms with Gasteiger partial charge in [-0.3, -0.25) is 14.3 Å². The van der Waals surface area contributed by atoms with E-state index >= 15 is 0 Å². The molecular formula is C13H9FN2O3. The summed E-state index contributed by atoms with van der Waals surface area (Å²) >= 11 is 0. The van der Waals surface area contributed by atoms with Crippen LogP contribution in [-0.2, 0) is 6.54 Å². The number of aromatic hydroxyl groups is 1. The fourth-order valence-electron chi connectivity index (χ4n) is 1.70. The quantitative estimate of drug-likeness (QED) is 0.780. The van der Waals surface area contributed by atoms with Crippen molar-refractivity contribution in [1.29, 1.82) is 0 Å². The summed E-state index contributed by atoms with van der Waals surface area (Å²) in [6, 6.07) is 5.42. The minimum absolute atomic E-state index is 0.105. The van der Waals surface area contributed by atoms with Crippen LogP contribution in [0.25, 0.3) is 11.1 Å². The molecule has 0 radical (unpaired) electrons. The molecule has 1 aromatic heterocycles. The smallest absolute Gasteiger partial charge is 0.332 e. The Balaban J connectivity index is 2.83. The van der Waals surface area contributed by atoms with Gasteiger partial charge < -0.3 is 5.11 Å². The summed E-state index contributed by atoms with van der Waals surface area (Å²) in [4.78, 5) is 25.2. The van der Waals surface area contributed by atoms with Gasteiger partial charge in [-0.1, -0.05) is 24.1 Å². The number of aromatic amines is 1. The van der Waals surface area contributed by atoms with Gasteiger partial charge in [0.05, 0.1) is 6.54 Å². The second-order valence-electron chi connectivity index (χ2n) is 3.73. The Morgan fingerprint density at radius 3 is 2.68 bits per heavy atom. The summed E-state index contributed by atoms with van der Waals surface area (Å²) in [6.07, 6.45) is 5.07. The lowest BCUT2D eigenvalue weighted by molar-refractivity contribution is 0.414. The molecule has 2 N–H and O–H groups in total. The van der Waals surface area contributed by atoms with Gasteiger partial charge in [-0.05, 0) is 6.07 Å². The largest absolute Gasteiger partial charge is 0.494 e. The maximum absolute atomic E-state index is 13.7. The Morgan fingerprint density at radius 2 is 2.05 bits per heavy atom. The molecule has 19 heavy (non-hydrogen) atoms. The molecule has 2 aromatic rings. The second kappa shape index (κ2) is 4.82. The van der Waals surface area contributed by atoms with Crippen molar-refractivity contribution in [2.75, 3.05) is 0 Å². The van der Waals surface area contributed by atoms with Crippen LogP contribution >= 0.6 is 0 Å². The van der Waals surface area contributed by atoms with Gasteiger partial charge in [0.1, 0.15) is 11.4 Å². The van der Waals surface area contributed by atoms with E-state index in [0.717, 1.165) is 10.6 Å². The normalized spacial score (nSPS) is 10.1. The Bertz CT molecular complexity index is 784. The van der Waals surface area contributed by atoms with Crippen molar-refractivity contribution in [2.45, 2.75) is 6.54 Å². The first-order valence-corrected chi connectivity index (χ1v) is 5.30. The summed E-state index contributed by atoms with van der Waals surface area (Å²) in [6.45, 7) is -0.233. The lowest BCUT2D eigenvalue weighted by Crippen LogP contribution is -2.30. The molecule has 0 aliphatic heterocycles. The van der Waals surface area contributed by atoms with E-state index in [0.29, 0.717) is 0 Å². The first-order valence-electron chi connectivity index (χ1n) is 5.30. The second-order valence-corrected chi connectivity index (χ2v) is 3.73. The predicted octanol–water partition coefficient (Wildman–Crippen LogP) is 0.681. The van der Waals surface area contributed by atoms with Crippen LogP contribution in [-0.4, -0.2) is 14.7 Å². The highest BCUT2D eigenvalue weighted by Gasteiger charge is 2.17. The SMILES string of the molecule is C#CCn1c(O)c(-c2ccccc2F)c(=O)[nH]c1=O. The molecule has 5 nitrogen and oxygen atoms in total. The molecule has 0 atom stereocenters. The average molecular weight is 260 g/mol. The number of hydrogen-bond donors (Lipinski definition) is 2. The standard InChI is InChI=1S/C13H9FN2O3/c1-2-7-16-12(18)10(11(17)15-13(16)19)8-5-3-4-6-9(8)14/h1,3-6,18H,7H2,(H,15,17,19). The molecule has 0 spiro atoms. The van der Waals surface area contributed by atoms with Crippen LogP contribution in [0.3, 0.4) is 0 Å². The maximum Gasteiger partial charge on any atom is 0.332 e. The van der Waals surface area contributed by atoms with E-state index in [9.17, 15) is 19.1 Å². The summed E-state index contributed by atoms with van der Waals surface area (Å²) in [7, 11) is 0. The topological polar surface area (TPSA) is 75.1 Å². The summed E-state index contributed by atoms with van der Waals surface area (Å²) in [5.41, 5.74) is -2.15. The van der Waals surface area contributed by atoms with Gasteiger partial charge in [-0.25, -0.2) is 9.18 Å². The van der Waals surface area contributed by atoms with Gasteiger partial charge >= 0.3 is 5.69 Å². The molecule has 96 valence electrons. The highest BCUT2D eigenvalue weighted by Crippen LogP contribution is 2.25. The summed E-state index contributed by atoms with van der Waals surface area (Å²) in [5.74, 6) is 0.824. The van der Waals surface area contributed by atoms with E-state index < -0.39 is 22.9 Å². The van der Waals surface area contributed by atoms with Crippen LogP contribution in [0.1, 0.15) is 0 Å². The van der Waals surface area contributed by atoms with Gasteiger partial charge in [0.15, 0.2) is 0 Å². The Hall–Kier alpha value is -2.81. The van der Waals surface area contributed by atoms with Crippen LogP contribution in [0.5, 0.6) is 5.88 Å². The number of aromatic nitrogens is 2. The van der Waals surface area contributed by atoms with E-state index in [-0.39, 0.29) is 17.7 Å². The van der Waals surface area contributed by atoms with Crippen molar-refractivity contribution in [2.24, 2.45) is 0 Å². The molecule has 1 aromatic carbocycles. The van der Waals surface area contributed by atoms with E-state index in [1.807, 2.05) is 4.98 Å². The third-order valence-corrected chi connectivity index (χ3v) is 2.56. The number of terminal acetylenes is 1. The molecule has 0 unspecified atom stereocenters. The molecule has 2 rings (SSSR count). The van der Waals surface area contributed by atoms with Gasteiger partial charge in [0, 0.05) is 5.56 Å². The first-order chi connectivity index (χ1) is 9.06. The van der Waals surface area contributed by atoms with Crippen molar-refractivity contribution < 1.29 is 9.50 Å². The van der Waals surface area contributed by atoms with Crippen LogP contribution in [0.4, 0.5) is 4.39 Å². The van der Waals surface area contributed by atoms with E-state index in [4.69, 9.17) is 6.42 Å². The number of halogens is 1. The number of rotatable bonds is 2. The lowest BCUT2D eigenvalue weighted by atomic mass is 10.1. The first kappa shape index (κ1) is 12.6. The fourth-order valence-corrected chi connectivity index (χ4v) is 1.70. The Kier molecular flexibility index (Phi) is 3.21. The zero-order valence-corrected chi connectivity index (χ0v) is 9.68. The number of nitrogens with zero attached hydrogens (tertiary/aromatic N) is 1. The van der Waals surface area contributed by atoms with Crippen molar-refractivity contribution in [3.8, 4) is 29.4 Å². The van der Waals surface area contributed by atoms with E-state index in [2.05, 4.69) is 5.92 Å². The van der Waals surface area contributed by atoms with Gasteiger partial charge in [0.2, 0.25) is 5.88 Å². The molecule has 0 fully saturated rings. The Labute approximate surface area is 107 Å².